The second-order valence-corrected chi connectivity index (χ2v) is 5.60. The molecule has 0 fully saturated rings. The van der Waals surface area contributed by atoms with Gasteiger partial charge in [0.15, 0.2) is 18.1 Å². The van der Waals surface area contributed by atoms with E-state index < -0.39 is 5.97 Å². The monoisotopic (exact) mass is 339 g/mol. The van der Waals surface area contributed by atoms with Gasteiger partial charge in [0.25, 0.3) is 5.91 Å². The van der Waals surface area contributed by atoms with E-state index in [1.807, 2.05) is 31.2 Å². The Morgan fingerprint density at radius 1 is 1.35 bits per heavy atom. The smallest absolute Gasteiger partial charge is 0.313 e. The number of carboxylic acids is 1. The van der Waals surface area contributed by atoms with E-state index in [0.717, 1.165) is 5.56 Å². The maximum atomic E-state index is 11.7. The van der Waals surface area contributed by atoms with E-state index in [9.17, 15) is 9.59 Å². The minimum absolute atomic E-state index is 0.0299. The van der Waals surface area contributed by atoms with E-state index in [1.165, 1.54) is 11.8 Å². The largest absolute Gasteiger partial charge is 0.493 e. The van der Waals surface area contributed by atoms with Crippen molar-refractivity contribution in [2.75, 3.05) is 31.8 Å². The Kier molecular flexibility index (Phi) is 8.67. The average Bonchev–Trinajstić information content (AvgIpc) is 2.53. The molecule has 1 rings (SSSR count). The van der Waals surface area contributed by atoms with Gasteiger partial charge in [-0.05, 0) is 24.6 Å². The van der Waals surface area contributed by atoms with Gasteiger partial charge < -0.3 is 19.9 Å². The topological polar surface area (TPSA) is 84.9 Å². The number of aliphatic carboxylic acids is 1. The Morgan fingerprint density at radius 2 is 2.13 bits per heavy atom. The van der Waals surface area contributed by atoms with Crippen molar-refractivity contribution in [1.29, 1.82) is 0 Å². The predicted molar refractivity (Wildman–Crippen MR) is 91.2 cm³/mol. The summed E-state index contributed by atoms with van der Waals surface area (Å²) in [4.78, 5) is 22.0. The fraction of sp³-hybridized carbons (Fsp3) is 0.375. The second-order valence-electron chi connectivity index (χ2n) is 4.50. The highest BCUT2D eigenvalue weighted by atomic mass is 32.2. The van der Waals surface area contributed by atoms with Crippen molar-refractivity contribution >= 4 is 29.7 Å². The molecule has 126 valence electrons. The minimum atomic E-state index is -0.863. The number of carbonyl (C=O) groups excluding carboxylic acids is 1. The Labute approximate surface area is 139 Å². The van der Waals surface area contributed by atoms with Crippen molar-refractivity contribution in [1.82, 2.24) is 5.32 Å². The van der Waals surface area contributed by atoms with Crippen LogP contribution < -0.4 is 14.8 Å². The van der Waals surface area contributed by atoms with E-state index in [4.69, 9.17) is 14.6 Å². The molecule has 1 aromatic carbocycles. The number of methoxy groups -OCH3 is 1. The lowest BCUT2D eigenvalue weighted by Crippen LogP contribution is -2.30. The number of hydrogen-bond donors (Lipinski definition) is 2. The van der Waals surface area contributed by atoms with E-state index >= 15 is 0 Å². The summed E-state index contributed by atoms with van der Waals surface area (Å²) >= 11 is 1.25. The van der Waals surface area contributed by atoms with Gasteiger partial charge in [0, 0.05) is 12.3 Å². The van der Waals surface area contributed by atoms with Crippen molar-refractivity contribution in [3.8, 4) is 11.5 Å². The number of thioether (sulfide) groups is 1. The van der Waals surface area contributed by atoms with E-state index in [0.29, 0.717) is 23.8 Å². The minimum Gasteiger partial charge on any atom is -0.493 e. The number of amides is 1. The first kappa shape index (κ1) is 18.9. The zero-order chi connectivity index (χ0) is 17.1. The summed E-state index contributed by atoms with van der Waals surface area (Å²) in [5.41, 5.74) is 0.983. The number of ether oxygens (including phenoxy) is 2. The molecule has 1 aromatic rings. The third-order valence-corrected chi connectivity index (χ3v) is 3.64. The summed E-state index contributed by atoms with van der Waals surface area (Å²) < 4.78 is 10.7. The number of carboxylic acid groups (broad SMARTS) is 1. The zero-order valence-electron chi connectivity index (χ0n) is 13.2. The summed E-state index contributed by atoms with van der Waals surface area (Å²) in [6, 6.07) is 5.46. The van der Waals surface area contributed by atoms with Crippen LogP contribution in [0.1, 0.15) is 12.5 Å². The molecule has 0 radical (unpaired) electrons. The van der Waals surface area contributed by atoms with Crippen LogP contribution in [0.2, 0.25) is 0 Å². The Morgan fingerprint density at radius 3 is 2.78 bits per heavy atom. The molecule has 0 atom stereocenters. The number of nitrogens with one attached hydrogen (secondary N) is 1. The highest BCUT2D eigenvalue weighted by Gasteiger charge is 2.08. The summed E-state index contributed by atoms with van der Waals surface area (Å²) in [7, 11) is 1.54. The predicted octanol–water partition coefficient (Wildman–Crippen LogP) is 2.04. The lowest BCUT2D eigenvalue weighted by molar-refractivity contribution is -0.133. The highest BCUT2D eigenvalue weighted by Crippen LogP contribution is 2.28. The molecule has 0 saturated carbocycles. The zero-order valence-corrected chi connectivity index (χ0v) is 14.0. The fourth-order valence-corrected chi connectivity index (χ4v) is 2.28. The molecule has 2 N–H and O–H groups in total. The number of carbonyl (C=O) groups is 2. The third kappa shape index (κ3) is 7.60. The molecule has 7 heteroatoms. The number of benzene rings is 1. The molecule has 6 nitrogen and oxygen atoms in total. The summed E-state index contributed by atoms with van der Waals surface area (Å²) in [6.07, 6.45) is 3.86. The van der Waals surface area contributed by atoms with Crippen molar-refractivity contribution in [3.05, 3.63) is 29.8 Å². The number of hydrogen-bond acceptors (Lipinski definition) is 5. The maximum Gasteiger partial charge on any atom is 0.313 e. The molecule has 0 aliphatic heterocycles. The lowest BCUT2D eigenvalue weighted by atomic mass is 10.2. The molecular formula is C16H21NO5S. The van der Waals surface area contributed by atoms with Gasteiger partial charge >= 0.3 is 5.97 Å². The molecule has 0 heterocycles. The van der Waals surface area contributed by atoms with Gasteiger partial charge in [-0.2, -0.15) is 0 Å². The average molecular weight is 339 g/mol. The van der Waals surface area contributed by atoms with Gasteiger partial charge in [0.2, 0.25) is 0 Å². The molecule has 0 saturated heterocycles. The van der Waals surface area contributed by atoms with Crippen molar-refractivity contribution < 1.29 is 24.2 Å². The second kappa shape index (κ2) is 10.6. The first-order valence-corrected chi connectivity index (χ1v) is 8.22. The van der Waals surface area contributed by atoms with Crippen LogP contribution in [0.25, 0.3) is 6.08 Å². The molecule has 0 unspecified atom stereocenters. The van der Waals surface area contributed by atoms with Crippen LogP contribution in [0, 0.1) is 0 Å². The molecule has 0 aliphatic rings. The molecule has 0 aromatic heterocycles. The van der Waals surface area contributed by atoms with Gasteiger partial charge in [-0.15, -0.1) is 11.8 Å². The first-order valence-electron chi connectivity index (χ1n) is 7.06. The molecule has 1 amide bonds. The van der Waals surface area contributed by atoms with Crippen LogP contribution >= 0.6 is 11.8 Å². The van der Waals surface area contributed by atoms with Gasteiger partial charge in [-0.25, -0.2) is 0 Å². The summed E-state index contributed by atoms with van der Waals surface area (Å²) in [6.45, 7) is 2.20. The lowest BCUT2D eigenvalue weighted by Gasteiger charge is -2.11. The summed E-state index contributed by atoms with van der Waals surface area (Å²) in [5, 5.41) is 11.2. The van der Waals surface area contributed by atoms with Crippen molar-refractivity contribution in [2.24, 2.45) is 0 Å². The molecular weight excluding hydrogens is 318 g/mol. The van der Waals surface area contributed by atoms with E-state index in [2.05, 4.69) is 5.32 Å². The quantitative estimate of drug-likeness (QED) is 0.635. The molecule has 0 spiro atoms. The van der Waals surface area contributed by atoms with E-state index in [-0.39, 0.29) is 18.3 Å². The van der Waals surface area contributed by atoms with Gasteiger partial charge in [0.1, 0.15) is 0 Å². The van der Waals surface area contributed by atoms with Crippen molar-refractivity contribution in [3.63, 3.8) is 0 Å². The standard InChI is InChI=1S/C16H21NO5S/c1-3-4-12-5-6-13(14(9-12)21-2)22-10-15(18)17-7-8-23-11-16(19)20/h3-6,9H,7-8,10-11H2,1-2H3,(H,17,18)(H,19,20)/b4-3+. The Bertz CT molecular complexity index is 559. The summed E-state index contributed by atoms with van der Waals surface area (Å²) in [5.74, 6) is 0.502. The SMILES string of the molecule is C/C=C/c1ccc(OCC(=O)NCCSCC(=O)O)c(OC)c1. The van der Waals surface area contributed by atoms with Crippen molar-refractivity contribution in [2.45, 2.75) is 6.92 Å². The van der Waals surface area contributed by atoms with Gasteiger partial charge in [-0.1, -0.05) is 18.2 Å². The normalized spacial score (nSPS) is 10.5. The van der Waals surface area contributed by atoms with Crippen LogP contribution in [-0.4, -0.2) is 48.8 Å². The van der Waals surface area contributed by atoms with Crippen LogP contribution in [0.15, 0.2) is 24.3 Å². The van der Waals surface area contributed by atoms with Gasteiger partial charge in [-0.3, -0.25) is 9.59 Å². The number of allylic oxidation sites excluding steroid dienone is 1. The molecule has 0 bridgehead atoms. The van der Waals surface area contributed by atoms with Crippen LogP contribution in [0.4, 0.5) is 0 Å². The maximum absolute atomic E-state index is 11.7. The Hall–Kier alpha value is -2.15. The van der Waals surface area contributed by atoms with Crippen LogP contribution in [0.5, 0.6) is 11.5 Å². The Balaban J connectivity index is 2.39. The number of rotatable bonds is 10. The fourth-order valence-electron chi connectivity index (χ4n) is 1.72. The van der Waals surface area contributed by atoms with Crippen LogP contribution in [-0.2, 0) is 9.59 Å². The first-order chi connectivity index (χ1) is 11.1. The third-order valence-electron chi connectivity index (χ3n) is 2.70. The highest BCUT2D eigenvalue weighted by molar-refractivity contribution is 7.99. The van der Waals surface area contributed by atoms with E-state index in [1.54, 1.807) is 13.2 Å². The molecule has 23 heavy (non-hydrogen) atoms. The van der Waals surface area contributed by atoms with Gasteiger partial charge in [0.05, 0.1) is 12.9 Å². The molecule has 0 aliphatic carbocycles. The van der Waals surface area contributed by atoms with Crippen LogP contribution in [0.3, 0.4) is 0 Å².